The van der Waals surface area contributed by atoms with E-state index in [1.165, 1.54) is 16.9 Å². The minimum absolute atomic E-state index is 0. The lowest BCUT2D eigenvalue weighted by Gasteiger charge is -2.34. The highest BCUT2D eigenvalue weighted by Gasteiger charge is 2.22. The molecule has 2 aromatic rings. The van der Waals surface area contributed by atoms with E-state index in [0.717, 1.165) is 38.2 Å². The molecule has 6 heteroatoms. The van der Waals surface area contributed by atoms with E-state index in [0.29, 0.717) is 6.04 Å². The molecule has 0 unspecified atom stereocenters. The molecular weight excluding hydrogens is 348 g/mol. The first-order valence-electron chi connectivity index (χ1n) is 9.12. The SMILES string of the molecule is COc1cccc(N2CCC(NCc3cn[nH]c3C(C)(C)C)CC2)c1.Cl. The number of piperidine rings is 1. The van der Waals surface area contributed by atoms with Gasteiger partial charge in [-0.3, -0.25) is 5.10 Å². The second-order valence-electron chi connectivity index (χ2n) is 7.86. The van der Waals surface area contributed by atoms with Crippen LogP contribution in [0.2, 0.25) is 0 Å². The molecule has 1 aliphatic heterocycles. The van der Waals surface area contributed by atoms with Gasteiger partial charge in [-0.1, -0.05) is 26.8 Å². The number of halogens is 1. The Kier molecular flexibility index (Phi) is 6.95. The fourth-order valence-corrected chi connectivity index (χ4v) is 3.50. The highest BCUT2D eigenvalue weighted by Crippen LogP contribution is 2.25. The molecule has 26 heavy (non-hydrogen) atoms. The van der Waals surface area contributed by atoms with E-state index in [2.05, 4.69) is 59.4 Å². The molecule has 5 nitrogen and oxygen atoms in total. The van der Waals surface area contributed by atoms with E-state index in [1.807, 2.05) is 12.3 Å². The first-order valence-corrected chi connectivity index (χ1v) is 9.12. The van der Waals surface area contributed by atoms with Crippen LogP contribution in [0.25, 0.3) is 0 Å². The van der Waals surface area contributed by atoms with Gasteiger partial charge in [0.05, 0.1) is 13.3 Å². The predicted octanol–water partition coefficient (Wildman–Crippen LogP) is 3.90. The van der Waals surface area contributed by atoms with Crippen molar-refractivity contribution in [3.05, 3.63) is 41.7 Å². The molecule has 1 aromatic heterocycles. The molecule has 1 aliphatic rings. The van der Waals surface area contributed by atoms with Crippen LogP contribution in [0.15, 0.2) is 30.5 Å². The van der Waals surface area contributed by atoms with Crippen LogP contribution in [-0.4, -0.2) is 36.4 Å². The van der Waals surface area contributed by atoms with Crippen LogP contribution in [0.1, 0.15) is 44.9 Å². The Hall–Kier alpha value is -1.72. The largest absolute Gasteiger partial charge is 0.497 e. The number of methoxy groups -OCH3 is 1. The van der Waals surface area contributed by atoms with Gasteiger partial charge in [-0.15, -0.1) is 12.4 Å². The quantitative estimate of drug-likeness (QED) is 0.828. The summed E-state index contributed by atoms with van der Waals surface area (Å²) < 4.78 is 5.34. The Morgan fingerprint density at radius 3 is 2.65 bits per heavy atom. The van der Waals surface area contributed by atoms with Crippen molar-refractivity contribution >= 4 is 18.1 Å². The number of aromatic nitrogens is 2. The van der Waals surface area contributed by atoms with E-state index in [1.54, 1.807) is 7.11 Å². The van der Waals surface area contributed by atoms with Crippen molar-refractivity contribution in [3.8, 4) is 5.75 Å². The standard InChI is InChI=1S/C20H30N4O.ClH/c1-20(2,3)19-15(14-22-23-19)13-21-16-8-10-24(11-9-16)17-6-5-7-18(12-17)25-4;/h5-7,12,14,16,21H,8-11,13H2,1-4H3,(H,22,23);1H. The van der Waals surface area contributed by atoms with Crippen molar-refractivity contribution < 1.29 is 4.74 Å². The Labute approximate surface area is 162 Å². The van der Waals surface area contributed by atoms with Crippen LogP contribution in [0.4, 0.5) is 5.69 Å². The van der Waals surface area contributed by atoms with E-state index >= 15 is 0 Å². The predicted molar refractivity (Wildman–Crippen MR) is 110 cm³/mol. The molecule has 0 radical (unpaired) electrons. The summed E-state index contributed by atoms with van der Waals surface area (Å²) in [6, 6.07) is 8.90. The molecule has 0 aliphatic carbocycles. The minimum Gasteiger partial charge on any atom is -0.497 e. The molecule has 0 bridgehead atoms. The minimum atomic E-state index is 0. The Morgan fingerprint density at radius 1 is 1.27 bits per heavy atom. The first-order chi connectivity index (χ1) is 12.0. The van der Waals surface area contributed by atoms with Crippen molar-refractivity contribution in [3.63, 3.8) is 0 Å². The third-order valence-electron chi connectivity index (χ3n) is 4.96. The van der Waals surface area contributed by atoms with Gasteiger partial charge in [-0.05, 0) is 25.0 Å². The van der Waals surface area contributed by atoms with E-state index in [9.17, 15) is 0 Å². The van der Waals surface area contributed by atoms with Crippen LogP contribution in [0, 0.1) is 0 Å². The molecule has 0 saturated carbocycles. The van der Waals surface area contributed by atoms with Gasteiger partial charge in [0, 0.05) is 54.1 Å². The summed E-state index contributed by atoms with van der Waals surface area (Å²) in [7, 11) is 1.72. The Balaban J connectivity index is 0.00000243. The molecule has 0 spiro atoms. The zero-order valence-corrected chi connectivity index (χ0v) is 17.0. The summed E-state index contributed by atoms with van der Waals surface area (Å²) in [4.78, 5) is 2.44. The zero-order valence-electron chi connectivity index (χ0n) is 16.2. The Morgan fingerprint density at radius 2 is 2.00 bits per heavy atom. The van der Waals surface area contributed by atoms with Crippen LogP contribution in [0.3, 0.4) is 0 Å². The van der Waals surface area contributed by atoms with Crippen LogP contribution >= 0.6 is 12.4 Å². The highest BCUT2D eigenvalue weighted by molar-refractivity contribution is 5.85. The summed E-state index contributed by atoms with van der Waals surface area (Å²) in [6.07, 6.45) is 4.26. The third kappa shape index (κ3) is 4.92. The van der Waals surface area contributed by atoms with Gasteiger partial charge in [0.2, 0.25) is 0 Å². The molecule has 1 saturated heterocycles. The number of hydrogen-bond acceptors (Lipinski definition) is 4. The summed E-state index contributed by atoms with van der Waals surface area (Å²) in [5.74, 6) is 0.924. The number of ether oxygens (including phenoxy) is 1. The number of benzene rings is 1. The van der Waals surface area contributed by atoms with Gasteiger partial charge in [-0.2, -0.15) is 5.10 Å². The normalized spacial score (nSPS) is 15.6. The molecule has 2 N–H and O–H groups in total. The average molecular weight is 379 g/mol. The number of H-pyrrole nitrogens is 1. The number of aromatic amines is 1. The van der Waals surface area contributed by atoms with Crippen LogP contribution < -0.4 is 15.0 Å². The summed E-state index contributed by atoms with van der Waals surface area (Å²) in [5, 5.41) is 11.1. The maximum Gasteiger partial charge on any atom is 0.120 e. The smallest absolute Gasteiger partial charge is 0.120 e. The number of nitrogens with zero attached hydrogens (tertiary/aromatic N) is 2. The van der Waals surface area contributed by atoms with Gasteiger partial charge < -0.3 is 15.0 Å². The lowest BCUT2D eigenvalue weighted by atomic mass is 9.89. The van der Waals surface area contributed by atoms with E-state index in [4.69, 9.17) is 4.74 Å². The summed E-state index contributed by atoms with van der Waals surface area (Å²) in [6.45, 7) is 9.68. The number of nitrogens with one attached hydrogen (secondary N) is 2. The molecule has 2 heterocycles. The molecule has 144 valence electrons. The average Bonchev–Trinajstić information content (AvgIpc) is 3.09. The van der Waals surface area contributed by atoms with Crippen molar-refractivity contribution in [2.75, 3.05) is 25.1 Å². The van der Waals surface area contributed by atoms with E-state index < -0.39 is 0 Å². The molecule has 3 rings (SSSR count). The number of hydrogen-bond donors (Lipinski definition) is 2. The van der Waals surface area contributed by atoms with Crippen molar-refractivity contribution in [2.24, 2.45) is 0 Å². The van der Waals surface area contributed by atoms with Crippen LogP contribution in [-0.2, 0) is 12.0 Å². The monoisotopic (exact) mass is 378 g/mol. The van der Waals surface area contributed by atoms with Gasteiger partial charge in [0.25, 0.3) is 0 Å². The maximum atomic E-state index is 5.34. The number of rotatable bonds is 5. The fourth-order valence-electron chi connectivity index (χ4n) is 3.50. The second kappa shape index (κ2) is 8.78. The topological polar surface area (TPSA) is 53.2 Å². The summed E-state index contributed by atoms with van der Waals surface area (Å²) >= 11 is 0. The molecule has 0 amide bonds. The first kappa shape index (κ1) is 20.6. The molecule has 0 atom stereocenters. The number of anilines is 1. The van der Waals surface area contributed by atoms with Gasteiger partial charge in [0.15, 0.2) is 0 Å². The highest BCUT2D eigenvalue weighted by atomic mass is 35.5. The lowest BCUT2D eigenvalue weighted by molar-refractivity contribution is 0.407. The van der Waals surface area contributed by atoms with Gasteiger partial charge in [0.1, 0.15) is 5.75 Å². The van der Waals surface area contributed by atoms with Gasteiger partial charge in [-0.25, -0.2) is 0 Å². The second-order valence-corrected chi connectivity index (χ2v) is 7.86. The van der Waals surface area contributed by atoms with Crippen molar-refractivity contribution in [1.29, 1.82) is 0 Å². The van der Waals surface area contributed by atoms with Crippen molar-refractivity contribution in [1.82, 2.24) is 15.5 Å². The van der Waals surface area contributed by atoms with E-state index in [-0.39, 0.29) is 17.8 Å². The maximum absolute atomic E-state index is 5.34. The molecular formula is C20H31ClN4O. The lowest BCUT2D eigenvalue weighted by Crippen LogP contribution is -2.42. The van der Waals surface area contributed by atoms with Gasteiger partial charge >= 0.3 is 0 Å². The molecule has 1 fully saturated rings. The summed E-state index contributed by atoms with van der Waals surface area (Å²) in [5.41, 5.74) is 3.86. The third-order valence-corrected chi connectivity index (χ3v) is 4.96. The van der Waals surface area contributed by atoms with Crippen LogP contribution in [0.5, 0.6) is 5.75 Å². The van der Waals surface area contributed by atoms with Crippen molar-refractivity contribution in [2.45, 2.75) is 51.6 Å². The Bertz CT molecular complexity index is 687. The fraction of sp³-hybridized carbons (Fsp3) is 0.550. The molecule has 1 aromatic carbocycles. The zero-order chi connectivity index (χ0) is 17.9.